The van der Waals surface area contributed by atoms with Crippen molar-refractivity contribution in [3.63, 3.8) is 0 Å². The third-order valence-corrected chi connectivity index (χ3v) is 5.85. The average Bonchev–Trinajstić information content (AvgIpc) is 3.08. The minimum Gasteiger partial charge on any atom is -0.493 e. The van der Waals surface area contributed by atoms with Gasteiger partial charge in [-0.2, -0.15) is 8.42 Å². The minimum absolute atomic E-state index is 0.0292. The normalized spacial score (nSPS) is 14.1. The smallest absolute Gasteiger partial charge is 0.339 e. The fourth-order valence-electron chi connectivity index (χ4n) is 3.08. The van der Waals surface area contributed by atoms with Crippen molar-refractivity contribution in [2.75, 3.05) is 14.2 Å². The van der Waals surface area contributed by atoms with Crippen LogP contribution < -0.4 is 18.4 Å². The Morgan fingerprint density at radius 3 is 2.32 bits per heavy atom. The van der Waals surface area contributed by atoms with E-state index >= 15 is 0 Å². The Labute approximate surface area is 179 Å². The van der Waals surface area contributed by atoms with Crippen molar-refractivity contribution < 1.29 is 31.6 Å². The largest absolute Gasteiger partial charge is 0.493 e. The Bertz CT molecular complexity index is 1280. The molecule has 0 amide bonds. The number of Topliss-reactive ketones (excluding diaryl/α,β-unsaturated/α-hetero) is 1. The van der Waals surface area contributed by atoms with E-state index in [2.05, 4.69) is 0 Å². The summed E-state index contributed by atoms with van der Waals surface area (Å²) < 4.78 is 46.2. The van der Waals surface area contributed by atoms with Crippen LogP contribution in [0.5, 0.6) is 23.0 Å². The molecule has 0 unspecified atom stereocenters. The topological polar surface area (TPSA) is 88.1 Å². The third kappa shape index (κ3) is 4.10. The highest BCUT2D eigenvalue weighted by Crippen LogP contribution is 2.36. The van der Waals surface area contributed by atoms with E-state index in [1.807, 2.05) is 0 Å². The number of carbonyl (C=O) groups is 1. The number of methoxy groups -OCH3 is 2. The first kappa shape index (κ1) is 20.5. The van der Waals surface area contributed by atoms with Crippen LogP contribution in [0.25, 0.3) is 6.08 Å². The average molecular weight is 438 g/mol. The maximum Gasteiger partial charge on any atom is 0.339 e. The number of ether oxygens (including phenoxy) is 3. The number of allylic oxidation sites excluding steroid dienone is 1. The van der Waals surface area contributed by atoms with Gasteiger partial charge in [-0.15, -0.1) is 0 Å². The van der Waals surface area contributed by atoms with Crippen LogP contribution in [0.1, 0.15) is 15.9 Å². The molecular formula is C23H18O7S. The number of benzene rings is 3. The lowest BCUT2D eigenvalue weighted by atomic mass is 10.1. The molecule has 0 atom stereocenters. The number of hydrogen-bond acceptors (Lipinski definition) is 7. The number of hydrogen-bond donors (Lipinski definition) is 0. The molecule has 0 fully saturated rings. The summed E-state index contributed by atoms with van der Waals surface area (Å²) in [6.07, 6.45) is 1.57. The molecule has 0 radical (unpaired) electrons. The highest BCUT2D eigenvalue weighted by Gasteiger charge is 2.28. The van der Waals surface area contributed by atoms with Crippen molar-refractivity contribution in [2.24, 2.45) is 0 Å². The van der Waals surface area contributed by atoms with Gasteiger partial charge >= 0.3 is 10.1 Å². The van der Waals surface area contributed by atoms with Gasteiger partial charge in [0, 0.05) is 6.07 Å². The molecule has 31 heavy (non-hydrogen) atoms. The second kappa shape index (κ2) is 8.16. The molecule has 0 N–H and O–H groups in total. The van der Waals surface area contributed by atoms with Gasteiger partial charge in [0.2, 0.25) is 5.78 Å². The van der Waals surface area contributed by atoms with Crippen molar-refractivity contribution in [3.05, 3.63) is 83.6 Å². The number of rotatable bonds is 6. The quantitative estimate of drug-likeness (QED) is 0.423. The Balaban J connectivity index is 1.59. The molecule has 0 bridgehead atoms. The van der Waals surface area contributed by atoms with Crippen molar-refractivity contribution in [3.8, 4) is 23.0 Å². The summed E-state index contributed by atoms with van der Waals surface area (Å²) in [5.41, 5.74) is 0.994. The van der Waals surface area contributed by atoms with E-state index in [4.69, 9.17) is 18.4 Å². The van der Waals surface area contributed by atoms with E-state index < -0.39 is 10.1 Å². The molecule has 1 heterocycles. The van der Waals surface area contributed by atoms with E-state index in [0.29, 0.717) is 22.6 Å². The van der Waals surface area contributed by atoms with Crippen LogP contribution in [-0.4, -0.2) is 28.4 Å². The molecule has 4 rings (SSSR count). The van der Waals surface area contributed by atoms with Gasteiger partial charge in [-0.25, -0.2) is 0 Å². The predicted octanol–water partition coefficient (Wildman–Crippen LogP) is 4.09. The minimum atomic E-state index is -4.00. The van der Waals surface area contributed by atoms with Gasteiger partial charge in [0.05, 0.1) is 19.8 Å². The molecule has 158 valence electrons. The fourth-order valence-corrected chi connectivity index (χ4v) is 4.02. The van der Waals surface area contributed by atoms with Crippen molar-refractivity contribution in [1.82, 2.24) is 0 Å². The monoisotopic (exact) mass is 438 g/mol. The Hall–Kier alpha value is -3.78. The van der Waals surface area contributed by atoms with Gasteiger partial charge in [0.25, 0.3) is 0 Å². The van der Waals surface area contributed by atoms with Crippen LogP contribution in [0.4, 0.5) is 0 Å². The number of ketones is 1. The summed E-state index contributed by atoms with van der Waals surface area (Å²) in [4.78, 5) is 12.7. The number of carbonyl (C=O) groups excluding carboxylic acids is 1. The zero-order chi connectivity index (χ0) is 22.0. The highest BCUT2D eigenvalue weighted by atomic mass is 32.2. The molecule has 0 spiro atoms. The third-order valence-electron chi connectivity index (χ3n) is 4.58. The maximum absolute atomic E-state index is 12.7. The zero-order valence-electron chi connectivity index (χ0n) is 16.7. The lowest BCUT2D eigenvalue weighted by molar-refractivity contribution is 0.101. The van der Waals surface area contributed by atoms with Crippen molar-refractivity contribution >= 4 is 22.0 Å². The second-order valence-electron chi connectivity index (χ2n) is 6.56. The first-order chi connectivity index (χ1) is 14.9. The molecule has 3 aromatic carbocycles. The van der Waals surface area contributed by atoms with Gasteiger partial charge in [0.1, 0.15) is 16.4 Å². The van der Waals surface area contributed by atoms with Crippen molar-refractivity contribution in [2.45, 2.75) is 4.90 Å². The molecular weight excluding hydrogens is 420 g/mol. The van der Waals surface area contributed by atoms with E-state index in [9.17, 15) is 13.2 Å². The van der Waals surface area contributed by atoms with E-state index in [-0.39, 0.29) is 27.9 Å². The highest BCUT2D eigenvalue weighted by molar-refractivity contribution is 7.87. The summed E-state index contributed by atoms with van der Waals surface area (Å²) in [6.45, 7) is 0. The fraction of sp³-hybridized carbons (Fsp3) is 0.0870. The van der Waals surface area contributed by atoms with Crippen LogP contribution in [0.3, 0.4) is 0 Å². The standard InChI is InChI=1S/C23H18O7S/c1-27-19-11-8-15(12-21(19)28-2)13-22-23(24)18-10-9-16(14-20(18)29-22)30-31(25,26)17-6-4-3-5-7-17/h3-14H,1-2H3. The molecule has 0 aliphatic carbocycles. The zero-order valence-corrected chi connectivity index (χ0v) is 17.5. The second-order valence-corrected chi connectivity index (χ2v) is 8.11. The lowest BCUT2D eigenvalue weighted by Gasteiger charge is -2.08. The first-order valence-corrected chi connectivity index (χ1v) is 10.6. The predicted molar refractivity (Wildman–Crippen MR) is 113 cm³/mol. The van der Waals surface area contributed by atoms with Gasteiger partial charge in [-0.1, -0.05) is 24.3 Å². The van der Waals surface area contributed by atoms with Crippen LogP contribution in [-0.2, 0) is 10.1 Å². The summed E-state index contributed by atoms with van der Waals surface area (Å²) in [7, 11) is -0.945. The Morgan fingerprint density at radius 2 is 1.61 bits per heavy atom. The van der Waals surface area contributed by atoms with Crippen LogP contribution in [0.2, 0.25) is 0 Å². The van der Waals surface area contributed by atoms with E-state index in [1.54, 1.807) is 42.5 Å². The molecule has 1 aliphatic rings. The van der Waals surface area contributed by atoms with Crippen LogP contribution >= 0.6 is 0 Å². The molecule has 0 aromatic heterocycles. The Kier molecular flexibility index (Phi) is 5.39. The van der Waals surface area contributed by atoms with Gasteiger partial charge in [0.15, 0.2) is 17.3 Å². The van der Waals surface area contributed by atoms with Crippen molar-refractivity contribution in [1.29, 1.82) is 0 Å². The van der Waals surface area contributed by atoms with Crippen LogP contribution in [0, 0.1) is 0 Å². The Morgan fingerprint density at radius 1 is 0.871 bits per heavy atom. The summed E-state index contributed by atoms with van der Waals surface area (Å²) in [5.74, 6) is 1.13. The summed E-state index contributed by atoms with van der Waals surface area (Å²) in [5, 5.41) is 0. The SMILES string of the molecule is COc1ccc(C=C2Oc3cc(OS(=O)(=O)c4ccccc4)ccc3C2=O)cc1OC. The van der Waals surface area contributed by atoms with Gasteiger partial charge in [-0.05, 0) is 48.0 Å². The van der Waals surface area contributed by atoms with E-state index in [1.165, 1.54) is 44.6 Å². The van der Waals surface area contributed by atoms with Crippen LogP contribution in [0.15, 0.2) is 77.4 Å². The van der Waals surface area contributed by atoms with Gasteiger partial charge in [-0.3, -0.25) is 4.79 Å². The summed E-state index contributed by atoms with van der Waals surface area (Å²) >= 11 is 0. The molecule has 0 saturated carbocycles. The first-order valence-electron chi connectivity index (χ1n) is 9.21. The maximum atomic E-state index is 12.7. The molecule has 7 nitrogen and oxygen atoms in total. The van der Waals surface area contributed by atoms with Gasteiger partial charge < -0.3 is 18.4 Å². The number of fused-ring (bicyclic) bond motifs is 1. The molecule has 8 heteroatoms. The molecule has 0 saturated heterocycles. The molecule has 3 aromatic rings. The molecule has 1 aliphatic heterocycles. The van der Waals surface area contributed by atoms with E-state index in [0.717, 1.165) is 0 Å². The lowest BCUT2D eigenvalue weighted by Crippen LogP contribution is -2.09. The summed E-state index contributed by atoms with van der Waals surface area (Å²) in [6, 6.07) is 17.3.